The van der Waals surface area contributed by atoms with Gasteiger partial charge in [0.25, 0.3) is 0 Å². The molecule has 2 aliphatic rings. The predicted octanol–water partition coefficient (Wildman–Crippen LogP) is -1.48. The third-order valence-electron chi connectivity index (χ3n) is 7.05. The van der Waals surface area contributed by atoms with Crippen molar-refractivity contribution in [3.8, 4) is 34.3 Å². The number of benzene rings is 2. The molecule has 2 aliphatic heterocycles. The lowest BCUT2D eigenvalue weighted by atomic mass is 9.99. The first-order valence-electron chi connectivity index (χ1n) is 12.8. The molecule has 8 N–H and O–H groups in total. The quantitative estimate of drug-likeness (QED) is 0.146. The zero-order valence-electron chi connectivity index (χ0n) is 22.0. The highest BCUT2D eigenvalue weighted by Crippen LogP contribution is 2.36. The van der Waals surface area contributed by atoms with Crippen molar-refractivity contribution in [2.45, 2.75) is 55.3 Å². The van der Waals surface area contributed by atoms with E-state index < -0.39 is 73.1 Å². The Bertz CT molecular complexity index is 1470. The molecule has 2 fully saturated rings. The van der Waals surface area contributed by atoms with Crippen LogP contribution in [0, 0.1) is 0 Å². The number of methoxy groups -OCH3 is 1. The summed E-state index contributed by atoms with van der Waals surface area (Å²) in [5, 5.41) is 80.5. The molecule has 228 valence electrons. The number of rotatable bonds is 7. The van der Waals surface area contributed by atoms with Crippen molar-refractivity contribution in [3.63, 3.8) is 0 Å². The Labute approximate surface area is 236 Å². The molecule has 9 unspecified atom stereocenters. The number of phenolic OH excluding ortho intramolecular Hbond substituents is 2. The molecule has 15 heteroatoms. The highest BCUT2D eigenvalue weighted by atomic mass is 16.7. The van der Waals surface area contributed by atoms with E-state index in [0.29, 0.717) is 0 Å². The van der Waals surface area contributed by atoms with Crippen molar-refractivity contribution in [3.05, 3.63) is 46.6 Å². The summed E-state index contributed by atoms with van der Waals surface area (Å²) in [4.78, 5) is 13.2. The van der Waals surface area contributed by atoms with Crippen LogP contribution in [0.4, 0.5) is 0 Å². The minimum Gasteiger partial charge on any atom is -0.504 e. The van der Waals surface area contributed by atoms with Crippen LogP contribution >= 0.6 is 0 Å². The first-order valence-corrected chi connectivity index (χ1v) is 12.8. The van der Waals surface area contributed by atoms with Crippen molar-refractivity contribution in [2.24, 2.45) is 0 Å². The molecule has 15 nitrogen and oxygen atoms in total. The fourth-order valence-electron chi connectivity index (χ4n) is 4.65. The third kappa shape index (κ3) is 5.74. The van der Waals surface area contributed by atoms with Gasteiger partial charge in [0.05, 0.1) is 20.3 Å². The topological polar surface area (TPSA) is 238 Å². The summed E-state index contributed by atoms with van der Waals surface area (Å²) in [6.07, 6.45) is -14.1. The fraction of sp³-hybridized carbons (Fsp3) is 0.444. The molecule has 2 saturated heterocycles. The molecular weight excluding hydrogens is 564 g/mol. The maximum atomic E-state index is 13.2. The summed E-state index contributed by atoms with van der Waals surface area (Å²) < 4.78 is 33.2. The smallest absolute Gasteiger partial charge is 0.229 e. The van der Waals surface area contributed by atoms with Gasteiger partial charge in [-0.2, -0.15) is 0 Å². The molecule has 0 amide bonds. The van der Waals surface area contributed by atoms with Crippen molar-refractivity contribution in [2.75, 3.05) is 20.3 Å². The summed E-state index contributed by atoms with van der Waals surface area (Å²) in [5.41, 5.74) is -0.310. The van der Waals surface area contributed by atoms with Gasteiger partial charge in [0.1, 0.15) is 71.0 Å². The molecule has 3 aromatic rings. The number of aliphatic hydroxyl groups excluding tert-OH is 6. The second-order valence-electron chi connectivity index (χ2n) is 9.89. The van der Waals surface area contributed by atoms with Crippen LogP contribution in [-0.2, 0) is 14.2 Å². The van der Waals surface area contributed by atoms with Gasteiger partial charge in [-0.05, 0) is 18.2 Å². The summed E-state index contributed by atoms with van der Waals surface area (Å²) in [7, 11) is 1.35. The van der Waals surface area contributed by atoms with Crippen LogP contribution < -0.4 is 14.9 Å². The normalized spacial score (nSPS) is 31.6. The molecule has 0 aliphatic carbocycles. The molecule has 3 heterocycles. The van der Waals surface area contributed by atoms with Crippen LogP contribution in [0.3, 0.4) is 0 Å². The van der Waals surface area contributed by atoms with Crippen LogP contribution in [0.25, 0.3) is 22.3 Å². The average Bonchev–Trinajstić information content (AvgIpc) is 2.97. The highest BCUT2D eigenvalue weighted by molar-refractivity contribution is 5.86. The van der Waals surface area contributed by atoms with E-state index >= 15 is 0 Å². The molecular formula is C27H30O15. The van der Waals surface area contributed by atoms with Crippen molar-refractivity contribution < 1.29 is 69.0 Å². The molecule has 0 radical (unpaired) electrons. The van der Waals surface area contributed by atoms with E-state index in [9.17, 15) is 45.6 Å². The van der Waals surface area contributed by atoms with Gasteiger partial charge in [0.2, 0.25) is 6.29 Å². The number of hydrogen-bond donors (Lipinski definition) is 8. The van der Waals surface area contributed by atoms with Gasteiger partial charge in [-0.3, -0.25) is 4.79 Å². The first-order chi connectivity index (χ1) is 20.0. The number of phenols is 2. The minimum absolute atomic E-state index is 0.00522. The Morgan fingerprint density at radius 3 is 2.31 bits per heavy atom. The van der Waals surface area contributed by atoms with E-state index in [4.69, 9.17) is 28.1 Å². The Morgan fingerprint density at radius 1 is 0.857 bits per heavy atom. The molecule has 42 heavy (non-hydrogen) atoms. The second kappa shape index (κ2) is 12.0. The van der Waals surface area contributed by atoms with E-state index in [1.807, 2.05) is 0 Å². The first kappa shape index (κ1) is 30.0. The zero-order valence-corrected chi connectivity index (χ0v) is 22.0. The zero-order chi connectivity index (χ0) is 30.3. The lowest BCUT2D eigenvalue weighted by molar-refractivity contribution is -0.307. The van der Waals surface area contributed by atoms with Gasteiger partial charge in [-0.1, -0.05) is 0 Å². The maximum Gasteiger partial charge on any atom is 0.229 e. The van der Waals surface area contributed by atoms with Crippen LogP contribution in [0.15, 0.2) is 45.6 Å². The minimum atomic E-state index is -1.79. The molecule has 0 saturated carbocycles. The van der Waals surface area contributed by atoms with E-state index in [2.05, 4.69) is 0 Å². The van der Waals surface area contributed by atoms with Crippen LogP contribution in [0.5, 0.6) is 23.0 Å². The van der Waals surface area contributed by atoms with Gasteiger partial charge in [-0.25, -0.2) is 0 Å². The largest absolute Gasteiger partial charge is 0.504 e. The monoisotopic (exact) mass is 594 g/mol. The number of aliphatic hydroxyl groups is 6. The summed E-state index contributed by atoms with van der Waals surface area (Å²) in [6, 6.07) is 7.71. The SMILES string of the molecule is COc1cc(OC2OC(COC3OCC(O)C(O)C3O)C(O)C(O)C2O)c2c(=O)cc(-c3ccc(O)c(O)c3)oc2c1. The Hall–Kier alpha value is -3.51. The highest BCUT2D eigenvalue weighted by Gasteiger charge is 2.46. The molecule has 0 spiro atoms. The second-order valence-corrected chi connectivity index (χ2v) is 9.89. The van der Waals surface area contributed by atoms with Crippen LogP contribution in [0.1, 0.15) is 0 Å². The standard InChI is InChI=1S/C27H30O15/c1-37-11-5-17-20(14(30)7-16(40-17)10-2-3-12(28)13(29)4-10)18(6-11)41-27-25(36)23(34)22(33)19(42-27)9-39-26-24(35)21(32)15(31)8-38-26/h2-7,15,19,21-29,31-36H,8-9H2,1H3. The number of fused-ring (bicyclic) bond motifs is 1. The van der Waals surface area contributed by atoms with Gasteiger partial charge in [0, 0.05) is 23.8 Å². The lowest BCUT2D eigenvalue weighted by Gasteiger charge is -2.41. The molecule has 0 bridgehead atoms. The molecule has 5 rings (SSSR count). The van der Waals surface area contributed by atoms with Crippen molar-refractivity contribution >= 4 is 11.0 Å². The fourth-order valence-corrected chi connectivity index (χ4v) is 4.65. The van der Waals surface area contributed by atoms with Crippen molar-refractivity contribution in [1.29, 1.82) is 0 Å². The van der Waals surface area contributed by atoms with Gasteiger partial charge in [-0.15, -0.1) is 0 Å². The van der Waals surface area contributed by atoms with E-state index in [0.717, 1.165) is 6.07 Å². The van der Waals surface area contributed by atoms with Crippen LogP contribution in [-0.4, -0.2) is 116 Å². The average molecular weight is 595 g/mol. The van der Waals surface area contributed by atoms with Gasteiger partial charge in [0.15, 0.2) is 23.2 Å². The van der Waals surface area contributed by atoms with E-state index in [1.165, 1.54) is 37.4 Å². The lowest BCUT2D eigenvalue weighted by Crippen LogP contribution is -2.61. The molecule has 9 atom stereocenters. The number of ether oxygens (including phenoxy) is 5. The Morgan fingerprint density at radius 2 is 1.60 bits per heavy atom. The van der Waals surface area contributed by atoms with Gasteiger partial charge < -0.3 is 69.0 Å². The molecule has 1 aromatic heterocycles. The third-order valence-corrected chi connectivity index (χ3v) is 7.05. The maximum absolute atomic E-state index is 13.2. The summed E-state index contributed by atoms with van der Waals surface area (Å²) in [5.74, 6) is -0.711. The van der Waals surface area contributed by atoms with E-state index in [1.54, 1.807) is 0 Å². The van der Waals surface area contributed by atoms with Gasteiger partial charge >= 0.3 is 0 Å². The van der Waals surface area contributed by atoms with Crippen molar-refractivity contribution in [1.82, 2.24) is 0 Å². The number of hydrogen-bond acceptors (Lipinski definition) is 15. The van der Waals surface area contributed by atoms with Crippen LogP contribution in [0.2, 0.25) is 0 Å². The summed E-state index contributed by atoms with van der Waals surface area (Å²) >= 11 is 0. The summed E-state index contributed by atoms with van der Waals surface area (Å²) in [6.45, 7) is -0.829. The van der Waals surface area contributed by atoms with E-state index in [-0.39, 0.29) is 46.1 Å². The Kier molecular flexibility index (Phi) is 8.56. The predicted molar refractivity (Wildman–Crippen MR) is 139 cm³/mol. The Balaban J connectivity index is 1.41. The number of aromatic hydroxyl groups is 2. The molecule has 2 aromatic carbocycles.